The number of Topliss-reactive ketones (excluding diaryl/α,β-unsaturated/α-hetero) is 2. The number of ketones is 2. The van der Waals surface area contributed by atoms with E-state index in [0.717, 1.165) is 47.9 Å². The highest BCUT2D eigenvalue weighted by atomic mass is 16.1. The molecule has 0 unspecified atom stereocenters. The molecule has 0 fully saturated rings. The molecule has 2 nitrogen and oxygen atoms in total. The molecule has 0 atom stereocenters. The second-order valence-corrected chi connectivity index (χ2v) is 6.21. The molecule has 0 aromatic heterocycles. The van der Waals surface area contributed by atoms with Crippen LogP contribution in [0.15, 0.2) is 48.5 Å². The predicted octanol–water partition coefficient (Wildman–Crippen LogP) is 6.10. The Morgan fingerprint density at radius 3 is 1.25 bits per heavy atom. The summed E-state index contributed by atoms with van der Waals surface area (Å²) in [6.07, 6.45) is 5.18. The summed E-state index contributed by atoms with van der Waals surface area (Å²) in [5, 5.41) is 0. The molecule has 0 aliphatic rings. The lowest BCUT2D eigenvalue weighted by Crippen LogP contribution is -1.99. The van der Waals surface area contributed by atoms with Crippen molar-refractivity contribution in [3.8, 4) is 11.1 Å². The first-order valence-corrected chi connectivity index (χ1v) is 8.92. The SMILES string of the molecule is CCCCC(=O)c1ccc(-c2ccc(C(=O)CCCC)cc2)cc1. The molecule has 2 rings (SSSR count). The lowest BCUT2D eigenvalue weighted by molar-refractivity contribution is 0.0971. The number of hydrogen-bond donors (Lipinski definition) is 0. The molecule has 0 aliphatic heterocycles. The van der Waals surface area contributed by atoms with E-state index in [9.17, 15) is 9.59 Å². The van der Waals surface area contributed by atoms with Crippen molar-refractivity contribution in [1.82, 2.24) is 0 Å². The molecule has 0 spiro atoms. The highest BCUT2D eigenvalue weighted by molar-refractivity contribution is 5.97. The smallest absolute Gasteiger partial charge is 0.162 e. The molecular weight excluding hydrogens is 296 g/mol. The molecule has 0 aliphatic carbocycles. The second-order valence-electron chi connectivity index (χ2n) is 6.21. The maximum atomic E-state index is 12.0. The summed E-state index contributed by atoms with van der Waals surface area (Å²) in [5.41, 5.74) is 3.68. The van der Waals surface area contributed by atoms with Gasteiger partial charge in [-0.15, -0.1) is 0 Å². The van der Waals surface area contributed by atoms with Gasteiger partial charge in [0.15, 0.2) is 11.6 Å². The van der Waals surface area contributed by atoms with Crippen LogP contribution in [-0.4, -0.2) is 11.6 Å². The van der Waals surface area contributed by atoms with Gasteiger partial charge in [-0.25, -0.2) is 0 Å². The number of carbonyl (C=O) groups is 2. The zero-order chi connectivity index (χ0) is 17.4. The number of benzene rings is 2. The van der Waals surface area contributed by atoms with Crippen molar-refractivity contribution in [2.24, 2.45) is 0 Å². The molecule has 0 heterocycles. The molecule has 0 saturated heterocycles. The molecule has 0 bridgehead atoms. The maximum Gasteiger partial charge on any atom is 0.162 e. The fourth-order valence-corrected chi connectivity index (χ4v) is 2.66. The molecule has 2 aromatic carbocycles. The zero-order valence-corrected chi connectivity index (χ0v) is 14.7. The van der Waals surface area contributed by atoms with E-state index in [0.29, 0.717) is 12.8 Å². The highest BCUT2D eigenvalue weighted by Crippen LogP contribution is 2.22. The van der Waals surface area contributed by atoms with Crippen molar-refractivity contribution >= 4 is 11.6 Å². The van der Waals surface area contributed by atoms with Crippen LogP contribution < -0.4 is 0 Å². The standard InChI is InChI=1S/C22H26O2/c1-3-5-7-21(23)19-13-9-17(10-14-19)18-11-15-20(16-12-18)22(24)8-6-4-2/h9-16H,3-8H2,1-2H3. The van der Waals surface area contributed by atoms with Gasteiger partial charge in [-0.2, -0.15) is 0 Å². The Kier molecular flexibility index (Phi) is 6.92. The van der Waals surface area contributed by atoms with Crippen molar-refractivity contribution in [2.75, 3.05) is 0 Å². The van der Waals surface area contributed by atoms with Gasteiger partial charge in [0.25, 0.3) is 0 Å². The zero-order valence-electron chi connectivity index (χ0n) is 14.7. The van der Waals surface area contributed by atoms with Gasteiger partial charge in [0, 0.05) is 24.0 Å². The second kappa shape index (κ2) is 9.17. The quantitative estimate of drug-likeness (QED) is 0.523. The molecular formula is C22H26O2. The fourth-order valence-electron chi connectivity index (χ4n) is 2.66. The van der Waals surface area contributed by atoms with Gasteiger partial charge in [-0.05, 0) is 24.0 Å². The third kappa shape index (κ3) is 4.89. The van der Waals surface area contributed by atoms with E-state index in [2.05, 4.69) is 13.8 Å². The monoisotopic (exact) mass is 322 g/mol. The van der Waals surface area contributed by atoms with Crippen molar-refractivity contribution in [3.63, 3.8) is 0 Å². The number of carbonyl (C=O) groups excluding carboxylic acids is 2. The average molecular weight is 322 g/mol. The largest absolute Gasteiger partial charge is 0.294 e. The molecule has 0 radical (unpaired) electrons. The first kappa shape index (κ1) is 18.1. The van der Waals surface area contributed by atoms with Gasteiger partial charge in [0.1, 0.15) is 0 Å². The Morgan fingerprint density at radius 2 is 0.958 bits per heavy atom. The lowest BCUT2D eigenvalue weighted by atomic mass is 9.98. The van der Waals surface area contributed by atoms with E-state index >= 15 is 0 Å². The first-order chi connectivity index (χ1) is 11.7. The molecule has 24 heavy (non-hydrogen) atoms. The summed E-state index contributed by atoms with van der Waals surface area (Å²) in [5.74, 6) is 0.417. The molecule has 0 amide bonds. The highest BCUT2D eigenvalue weighted by Gasteiger charge is 2.07. The number of unbranched alkanes of at least 4 members (excludes halogenated alkanes) is 2. The minimum Gasteiger partial charge on any atom is -0.294 e. The van der Waals surface area contributed by atoms with Crippen LogP contribution in [0.25, 0.3) is 11.1 Å². The van der Waals surface area contributed by atoms with Gasteiger partial charge in [-0.1, -0.05) is 75.2 Å². The molecule has 126 valence electrons. The topological polar surface area (TPSA) is 34.1 Å². The third-order valence-corrected chi connectivity index (χ3v) is 4.26. The van der Waals surface area contributed by atoms with Crippen LogP contribution in [0.1, 0.15) is 73.1 Å². The van der Waals surface area contributed by atoms with Gasteiger partial charge in [0.2, 0.25) is 0 Å². The fraction of sp³-hybridized carbons (Fsp3) is 0.364. The van der Waals surface area contributed by atoms with Crippen LogP contribution in [0.4, 0.5) is 0 Å². The lowest BCUT2D eigenvalue weighted by Gasteiger charge is -2.06. The summed E-state index contributed by atoms with van der Waals surface area (Å²) in [4.78, 5) is 24.0. The van der Waals surface area contributed by atoms with Crippen molar-refractivity contribution < 1.29 is 9.59 Å². The van der Waals surface area contributed by atoms with E-state index in [-0.39, 0.29) is 11.6 Å². The number of rotatable bonds is 9. The van der Waals surface area contributed by atoms with E-state index in [4.69, 9.17) is 0 Å². The summed E-state index contributed by atoms with van der Waals surface area (Å²) < 4.78 is 0. The minimum absolute atomic E-state index is 0.209. The third-order valence-electron chi connectivity index (χ3n) is 4.26. The van der Waals surface area contributed by atoms with Crippen LogP contribution >= 0.6 is 0 Å². The van der Waals surface area contributed by atoms with Gasteiger partial charge in [-0.3, -0.25) is 9.59 Å². The van der Waals surface area contributed by atoms with Crippen LogP contribution in [0.5, 0.6) is 0 Å². The van der Waals surface area contributed by atoms with Crippen LogP contribution in [0.2, 0.25) is 0 Å². The molecule has 2 aromatic rings. The normalized spacial score (nSPS) is 10.6. The van der Waals surface area contributed by atoms with E-state index in [1.165, 1.54) is 0 Å². The number of hydrogen-bond acceptors (Lipinski definition) is 2. The molecule has 0 N–H and O–H groups in total. The van der Waals surface area contributed by atoms with Crippen LogP contribution in [-0.2, 0) is 0 Å². The molecule has 2 heteroatoms. The Balaban J connectivity index is 2.06. The van der Waals surface area contributed by atoms with Crippen LogP contribution in [0.3, 0.4) is 0 Å². The first-order valence-electron chi connectivity index (χ1n) is 8.92. The van der Waals surface area contributed by atoms with Crippen molar-refractivity contribution in [1.29, 1.82) is 0 Å². The van der Waals surface area contributed by atoms with Gasteiger partial charge >= 0.3 is 0 Å². The van der Waals surface area contributed by atoms with Gasteiger partial charge < -0.3 is 0 Å². The molecule has 0 saturated carbocycles. The maximum absolute atomic E-state index is 12.0. The summed E-state index contributed by atoms with van der Waals surface area (Å²) in [6.45, 7) is 4.18. The summed E-state index contributed by atoms with van der Waals surface area (Å²) in [7, 11) is 0. The van der Waals surface area contributed by atoms with E-state index in [1.54, 1.807) is 0 Å². The Labute approximate surface area is 144 Å². The van der Waals surface area contributed by atoms with E-state index < -0.39 is 0 Å². The Bertz CT molecular complexity index is 605. The predicted molar refractivity (Wildman–Crippen MR) is 99.6 cm³/mol. The van der Waals surface area contributed by atoms with E-state index in [1.807, 2.05) is 48.5 Å². The Hall–Kier alpha value is -2.22. The summed E-state index contributed by atoms with van der Waals surface area (Å²) in [6, 6.07) is 15.5. The van der Waals surface area contributed by atoms with Crippen molar-refractivity contribution in [3.05, 3.63) is 59.7 Å². The van der Waals surface area contributed by atoms with Crippen molar-refractivity contribution in [2.45, 2.75) is 52.4 Å². The van der Waals surface area contributed by atoms with Gasteiger partial charge in [0.05, 0.1) is 0 Å². The average Bonchev–Trinajstić information content (AvgIpc) is 2.64. The van der Waals surface area contributed by atoms with Crippen LogP contribution in [0, 0.1) is 0 Å². The Morgan fingerprint density at radius 1 is 0.625 bits per heavy atom. The summed E-state index contributed by atoms with van der Waals surface area (Å²) >= 11 is 0. The minimum atomic E-state index is 0.209.